The molecule has 0 saturated heterocycles. The monoisotopic (exact) mass is 255 g/mol. The molecule has 18 heavy (non-hydrogen) atoms. The maximum atomic E-state index is 11.5. The molecule has 1 rings (SSSR count). The Morgan fingerprint density at radius 1 is 1.39 bits per heavy atom. The van der Waals surface area contributed by atoms with Gasteiger partial charge in [0.05, 0.1) is 6.42 Å². The third-order valence-corrected chi connectivity index (χ3v) is 2.19. The molecule has 0 aliphatic rings. The number of carbonyl (C=O) groups excluding carboxylic acids is 1. The molecule has 0 bridgehead atoms. The largest absolute Gasteiger partial charge is 0.481 e. The summed E-state index contributed by atoms with van der Waals surface area (Å²) in [7, 11) is 0. The van der Waals surface area contributed by atoms with Gasteiger partial charge >= 0.3 is 11.9 Å². The lowest BCUT2D eigenvalue weighted by Crippen LogP contribution is -2.41. The van der Waals surface area contributed by atoms with Crippen molar-refractivity contribution in [2.45, 2.75) is 25.3 Å². The molecule has 1 amide bonds. The van der Waals surface area contributed by atoms with Crippen LogP contribution < -0.4 is 5.32 Å². The number of amides is 1. The molecule has 98 valence electrons. The van der Waals surface area contributed by atoms with Crippen LogP contribution >= 0.6 is 0 Å². The Morgan fingerprint density at radius 2 is 2.11 bits per heavy atom. The molecule has 0 spiro atoms. The molecular formula is C10H13N3O5. The van der Waals surface area contributed by atoms with Crippen LogP contribution in [0.3, 0.4) is 0 Å². The Bertz CT molecular complexity index is 429. The standard InChI is InChI=1S/C10H13N3O5/c14-8(5-6-3-4-11-13-6)12-7(10(17)18)1-2-9(15)16/h3-4,7H,1-2,5H2,(H,11,13)(H,12,14)(H,15,16)(H,17,18)/t7-/m0/s1. The molecule has 0 aliphatic carbocycles. The van der Waals surface area contributed by atoms with Crippen LogP contribution in [0, 0.1) is 0 Å². The van der Waals surface area contributed by atoms with Crippen molar-refractivity contribution in [3.8, 4) is 0 Å². The molecule has 8 nitrogen and oxygen atoms in total. The maximum Gasteiger partial charge on any atom is 0.326 e. The van der Waals surface area contributed by atoms with Crippen molar-refractivity contribution < 1.29 is 24.6 Å². The highest BCUT2D eigenvalue weighted by molar-refractivity contribution is 5.84. The summed E-state index contributed by atoms with van der Waals surface area (Å²) in [6.07, 6.45) is 0.971. The third-order valence-electron chi connectivity index (χ3n) is 2.19. The van der Waals surface area contributed by atoms with Crippen molar-refractivity contribution in [1.82, 2.24) is 15.5 Å². The minimum Gasteiger partial charge on any atom is -0.481 e. The Morgan fingerprint density at radius 3 is 2.61 bits per heavy atom. The SMILES string of the molecule is O=C(O)CC[C@H](NC(=O)Cc1ccn[nH]1)C(=O)O. The second kappa shape index (κ2) is 6.38. The fraction of sp³-hybridized carbons (Fsp3) is 0.400. The highest BCUT2D eigenvalue weighted by Crippen LogP contribution is 2.00. The first-order valence-corrected chi connectivity index (χ1v) is 5.21. The van der Waals surface area contributed by atoms with Crippen molar-refractivity contribution >= 4 is 17.8 Å². The highest BCUT2D eigenvalue weighted by atomic mass is 16.4. The summed E-state index contributed by atoms with van der Waals surface area (Å²) in [4.78, 5) is 32.7. The van der Waals surface area contributed by atoms with E-state index in [1.54, 1.807) is 6.07 Å². The summed E-state index contributed by atoms with van der Waals surface area (Å²) in [5.41, 5.74) is 0.551. The van der Waals surface area contributed by atoms with Gasteiger partial charge in [0.25, 0.3) is 0 Å². The number of rotatable bonds is 7. The molecule has 1 atom stereocenters. The van der Waals surface area contributed by atoms with Gasteiger partial charge in [0, 0.05) is 18.3 Å². The van der Waals surface area contributed by atoms with Gasteiger partial charge in [-0.1, -0.05) is 0 Å². The molecule has 1 heterocycles. The summed E-state index contributed by atoms with van der Waals surface area (Å²) in [6.45, 7) is 0. The van der Waals surface area contributed by atoms with E-state index in [4.69, 9.17) is 10.2 Å². The van der Waals surface area contributed by atoms with E-state index in [1.807, 2.05) is 0 Å². The predicted octanol–water partition coefficient (Wildman–Crippen LogP) is -0.614. The fourth-order valence-electron chi connectivity index (χ4n) is 1.33. The molecule has 4 N–H and O–H groups in total. The van der Waals surface area contributed by atoms with E-state index in [0.717, 1.165) is 0 Å². The van der Waals surface area contributed by atoms with E-state index in [1.165, 1.54) is 6.20 Å². The Labute approximate surface area is 102 Å². The second-order valence-electron chi connectivity index (χ2n) is 3.65. The molecule has 0 aromatic carbocycles. The summed E-state index contributed by atoms with van der Waals surface area (Å²) >= 11 is 0. The number of aliphatic carboxylic acids is 2. The van der Waals surface area contributed by atoms with Gasteiger partial charge in [-0.3, -0.25) is 14.7 Å². The van der Waals surface area contributed by atoms with Crippen molar-refractivity contribution in [3.63, 3.8) is 0 Å². The lowest BCUT2D eigenvalue weighted by atomic mass is 10.1. The van der Waals surface area contributed by atoms with Gasteiger partial charge < -0.3 is 15.5 Å². The average Bonchev–Trinajstić information content (AvgIpc) is 2.76. The minimum atomic E-state index is -1.26. The van der Waals surface area contributed by atoms with Gasteiger partial charge in [0.2, 0.25) is 5.91 Å². The summed E-state index contributed by atoms with van der Waals surface area (Å²) in [6, 6.07) is 0.392. The van der Waals surface area contributed by atoms with Gasteiger partial charge in [0.1, 0.15) is 6.04 Å². The van der Waals surface area contributed by atoms with Crippen LogP contribution in [0.5, 0.6) is 0 Å². The van der Waals surface area contributed by atoms with Crippen molar-refractivity contribution in [2.75, 3.05) is 0 Å². The number of H-pyrrole nitrogens is 1. The quantitative estimate of drug-likeness (QED) is 0.513. The number of carbonyl (C=O) groups is 3. The lowest BCUT2D eigenvalue weighted by Gasteiger charge is -2.12. The van der Waals surface area contributed by atoms with Crippen LogP contribution in [-0.4, -0.2) is 44.3 Å². The Balaban J connectivity index is 2.47. The zero-order valence-corrected chi connectivity index (χ0v) is 9.42. The highest BCUT2D eigenvalue weighted by Gasteiger charge is 2.20. The molecule has 0 fully saturated rings. The molecule has 1 aromatic heterocycles. The van der Waals surface area contributed by atoms with Crippen LogP contribution in [0.2, 0.25) is 0 Å². The number of hydrogen-bond donors (Lipinski definition) is 4. The van der Waals surface area contributed by atoms with Crippen LogP contribution in [0.15, 0.2) is 12.3 Å². The molecule has 0 unspecified atom stereocenters. The van der Waals surface area contributed by atoms with E-state index < -0.39 is 23.9 Å². The number of aromatic amines is 1. The summed E-state index contributed by atoms with van der Waals surface area (Å²) in [5, 5.41) is 25.8. The second-order valence-corrected chi connectivity index (χ2v) is 3.65. The van der Waals surface area contributed by atoms with E-state index >= 15 is 0 Å². The van der Waals surface area contributed by atoms with E-state index in [0.29, 0.717) is 5.69 Å². The lowest BCUT2D eigenvalue weighted by molar-refractivity contribution is -0.143. The minimum absolute atomic E-state index is 0.0309. The van der Waals surface area contributed by atoms with Crippen LogP contribution in [0.4, 0.5) is 0 Å². The smallest absolute Gasteiger partial charge is 0.326 e. The first-order chi connectivity index (χ1) is 8.49. The topological polar surface area (TPSA) is 132 Å². The number of carboxylic acid groups (broad SMARTS) is 2. The number of nitrogens with zero attached hydrogens (tertiary/aromatic N) is 1. The number of carboxylic acids is 2. The van der Waals surface area contributed by atoms with Gasteiger partial charge in [-0.05, 0) is 12.5 Å². The molecule has 0 radical (unpaired) electrons. The van der Waals surface area contributed by atoms with E-state index in [2.05, 4.69) is 15.5 Å². The normalized spacial score (nSPS) is 11.8. The predicted molar refractivity (Wildman–Crippen MR) is 58.7 cm³/mol. The van der Waals surface area contributed by atoms with Gasteiger partial charge in [0.15, 0.2) is 0 Å². The summed E-state index contributed by atoms with van der Waals surface area (Å²) < 4.78 is 0. The average molecular weight is 255 g/mol. The first-order valence-electron chi connectivity index (χ1n) is 5.21. The Hall–Kier alpha value is -2.38. The zero-order valence-electron chi connectivity index (χ0n) is 9.42. The van der Waals surface area contributed by atoms with E-state index in [9.17, 15) is 14.4 Å². The van der Waals surface area contributed by atoms with Gasteiger partial charge in [-0.2, -0.15) is 5.10 Å². The summed E-state index contributed by atoms with van der Waals surface area (Å²) in [5.74, 6) is -2.87. The van der Waals surface area contributed by atoms with Crippen molar-refractivity contribution in [2.24, 2.45) is 0 Å². The van der Waals surface area contributed by atoms with Crippen molar-refractivity contribution in [1.29, 1.82) is 0 Å². The molecule has 0 saturated carbocycles. The number of nitrogens with one attached hydrogen (secondary N) is 2. The van der Waals surface area contributed by atoms with Crippen LogP contribution in [-0.2, 0) is 20.8 Å². The number of hydrogen-bond acceptors (Lipinski definition) is 4. The van der Waals surface area contributed by atoms with Crippen LogP contribution in [0.1, 0.15) is 18.5 Å². The first kappa shape index (κ1) is 13.7. The van der Waals surface area contributed by atoms with Crippen LogP contribution in [0.25, 0.3) is 0 Å². The van der Waals surface area contributed by atoms with Crippen molar-refractivity contribution in [3.05, 3.63) is 18.0 Å². The zero-order chi connectivity index (χ0) is 13.5. The maximum absolute atomic E-state index is 11.5. The van der Waals surface area contributed by atoms with E-state index in [-0.39, 0.29) is 19.3 Å². The Kier molecular flexibility index (Phi) is 4.85. The molecule has 1 aromatic rings. The van der Waals surface area contributed by atoms with Gasteiger partial charge in [-0.25, -0.2) is 4.79 Å². The fourth-order valence-corrected chi connectivity index (χ4v) is 1.33. The van der Waals surface area contributed by atoms with Gasteiger partial charge in [-0.15, -0.1) is 0 Å². The third kappa shape index (κ3) is 4.64. The molecule has 0 aliphatic heterocycles. The number of aromatic nitrogens is 2. The molecular weight excluding hydrogens is 242 g/mol. The molecule has 8 heteroatoms.